The summed E-state index contributed by atoms with van der Waals surface area (Å²) in [6.45, 7) is 3.46. The second-order valence-electron chi connectivity index (χ2n) is 5.55. The van der Waals surface area contributed by atoms with Crippen molar-refractivity contribution < 1.29 is 18.8 Å². The monoisotopic (exact) mass is 302 g/mol. The molecule has 2 rings (SSSR count). The lowest BCUT2D eigenvalue weighted by molar-refractivity contribution is -0.896. The van der Waals surface area contributed by atoms with E-state index in [9.17, 15) is 9.18 Å². The predicted octanol–water partition coefficient (Wildman–Crippen LogP) is 2.09. The highest BCUT2D eigenvalue weighted by Crippen LogP contribution is 2.06. The number of carbonyl (C=O) groups excluding carboxylic acids is 1. The van der Waals surface area contributed by atoms with Gasteiger partial charge in [-0.1, -0.05) is 30.3 Å². The number of carbonyl (C=O) groups is 1. The normalized spacial score (nSPS) is 13.4. The average molecular weight is 302 g/mol. The molecule has 4 heteroatoms. The molecule has 22 heavy (non-hydrogen) atoms. The van der Waals surface area contributed by atoms with E-state index in [1.165, 1.54) is 34.7 Å². The van der Waals surface area contributed by atoms with Gasteiger partial charge in [0.1, 0.15) is 25.0 Å². The molecule has 0 radical (unpaired) electrons. The van der Waals surface area contributed by atoms with Crippen LogP contribution in [0.1, 0.15) is 22.8 Å². The SMILES string of the molecule is C[C@H](C[NH+](C)Cc1ccccc1)OC(=O)c1ccc(F)cc1. The molecule has 1 N–H and O–H groups in total. The van der Waals surface area contributed by atoms with Crippen molar-refractivity contribution in [2.24, 2.45) is 0 Å². The minimum absolute atomic E-state index is 0.207. The van der Waals surface area contributed by atoms with Gasteiger partial charge in [0.05, 0.1) is 12.6 Å². The van der Waals surface area contributed by atoms with Gasteiger partial charge in [-0.3, -0.25) is 0 Å². The van der Waals surface area contributed by atoms with Crippen LogP contribution in [-0.2, 0) is 11.3 Å². The van der Waals surface area contributed by atoms with Gasteiger partial charge in [-0.25, -0.2) is 9.18 Å². The number of benzene rings is 2. The number of likely N-dealkylation sites (N-methyl/N-ethyl adjacent to an activating group) is 1. The zero-order valence-corrected chi connectivity index (χ0v) is 12.9. The van der Waals surface area contributed by atoms with E-state index >= 15 is 0 Å². The summed E-state index contributed by atoms with van der Waals surface area (Å²) in [6.07, 6.45) is -0.207. The fourth-order valence-electron chi connectivity index (χ4n) is 2.39. The summed E-state index contributed by atoms with van der Waals surface area (Å²) in [7, 11) is 2.06. The quantitative estimate of drug-likeness (QED) is 0.828. The Morgan fingerprint density at radius 3 is 2.41 bits per heavy atom. The molecule has 2 atom stereocenters. The smallest absolute Gasteiger partial charge is 0.338 e. The first-order valence-corrected chi connectivity index (χ1v) is 7.36. The highest BCUT2D eigenvalue weighted by molar-refractivity contribution is 5.89. The number of hydrogen-bond donors (Lipinski definition) is 1. The summed E-state index contributed by atoms with van der Waals surface area (Å²) in [5.74, 6) is -0.781. The van der Waals surface area contributed by atoms with Crippen molar-refractivity contribution in [1.29, 1.82) is 0 Å². The van der Waals surface area contributed by atoms with E-state index in [1.54, 1.807) is 0 Å². The standard InChI is InChI=1S/C18H20FNO2/c1-14(12-20(2)13-15-6-4-3-5-7-15)22-18(21)16-8-10-17(19)11-9-16/h3-11,14H,12-13H2,1-2H3/p+1/t14-/m1/s1. The molecule has 2 aromatic rings. The van der Waals surface area contributed by atoms with Gasteiger partial charge in [0.25, 0.3) is 0 Å². The average Bonchev–Trinajstić information content (AvgIpc) is 2.48. The Morgan fingerprint density at radius 2 is 1.77 bits per heavy atom. The first-order chi connectivity index (χ1) is 10.5. The third-order valence-corrected chi connectivity index (χ3v) is 3.37. The summed E-state index contributed by atoms with van der Waals surface area (Å²) in [5, 5.41) is 0. The fraction of sp³-hybridized carbons (Fsp3) is 0.278. The Hall–Kier alpha value is -2.20. The number of esters is 1. The third-order valence-electron chi connectivity index (χ3n) is 3.37. The lowest BCUT2D eigenvalue weighted by Gasteiger charge is -2.19. The van der Waals surface area contributed by atoms with Gasteiger partial charge in [-0.05, 0) is 31.2 Å². The number of halogens is 1. The Morgan fingerprint density at radius 1 is 1.14 bits per heavy atom. The molecule has 0 aliphatic carbocycles. The molecule has 0 bridgehead atoms. The van der Waals surface area contributed by atoms with Gasteiger partial charge < -0.3 is 9.64 Å². The zero-order valence-electron chi connectivity index (χ0n) is 12.9. The van der Waals surface area contributed by atoms with Crippen LogP contribution in [-0.4, -0.2) is 25.7 Å². The highest BCUT2D eigenvalue weighted by atomic mass is 19.1. The number of hydrogen-bond acceptors (Lipinski definition) is 2. The molecule has 0 aromatic heterocycles. The van der Waals surface area contributed by atoms with Gasteiger partial charge in [-0.15, -0.1) is 0 Å². The molecule has 0 aliphatic heterocycles. The minimum atomic E-state index is -0.417. The minimum Gasteiger partial charge on any atom is -0.453 e. The van der Waals surface area contributed by atoms with E-state index in [2.05, 4.69) is 19.2 Å². The van der Waals surface area contributed by atoms with E-state index in [0.717, 1.165) is 6.54 Å². The Balaban J connectivity index is 1.83. The number of ether oxygens (including phenoxy) is 1. The summed E-state index contributed by atoms with van der Waals surface area (Å²) >= 11 is 0. The molecule has 2 aromatic carbocycles. The Labute approximate surface area is 130 Å². The Bertz CT molecular complexity index is 598. The van der Waals surface area contributed by atoms with Crippen LogP contribution in [0.2, 0.25) is 0 Å². The van der Waals surface area contributed by atoms with Crippen LogP contribution < -0.4 is 4.90 Å². The first kappa shape index (κ1) is 16.2. The summed E-state index contributed by atoms with van der Waals surface area (Å²) < 4.78 is 18.2. The van der Waals surface area contributed by atoms with Crippen molar-refractivity contribution in [3.8, 4) is 0 Å². The second kappa shape index (κ2) is 7.71. The lowest BCUT2D eigenvalue weighted by atomic mass is 10.2. The van der Waals surface area contributed by atoms with Crippen LogP contribution in [0.25, 0.3) is 0 Å². The first-order valence-electron chi connectivity index (χ1n) is 7.36. The van der Waals surface area contributed by atoms with Crippen molar-refractivity contribution in [3.63, 3.8) is 0 Å². The molecule has 0 fully saturated rings. The lowest BCUT2D eigenvalue weighted by Crippen LogP contribution is -3.08. The van der Waals surface area contributed by atoms with E-state index in [4.69, 9.17) is 4.74 Å². The van der Waals surface area contributed by atoms with Gasteiger partial charge in [0.2, 0.25) is 0 Å². The predicted molar refractivity (Wildman–Crippen MR) is 83.2 cm³/mol. The molecule has 0 saturated carbocycles. The van der Waals surface area contributed by atoms with Crippen LogP contribution in [0.15, 0.2) is 54.6 Å². The summed E-state index contributed by atoms with van der Waals surface area (Å²) in [5.41, 5.74) is 1.62. The van der Waals surface area contributed by atoms with E-state index < -0.39 is 5.97 Å². The molecule has 116 valence electrons. The molecule has 0 heterocycles. The van der Waals surface area contributed by atoms with Crippen molar-refractivity contribution in [1.82, 2.24) is 0 Å². The van der Waals surface area contributed by atoms with E-state index in [-0.39, 0.29) is 11.9 Å². The molecule has 3 nitrogen and oxygen atoms in total. The van der Waals surface area contributed by atoms with Crippen LogP contribution in [0.4, 0.5) is 4.39 Å². The molecular formula is C18H21FNO2+. The van der Waals surface area contributed by atoms with Crippen LogP contribution in [0.3, 0.4) is 0 Å². The molecule has 0 amide bonds. The molecule has 0 saturated heterocycles. The third kappa shape index (κ3) is 4.97. The van der Waals surface area contributed by atoms with Crippen molar-refractivity contribution in [3.05, 3.63) is 71.5 Å². The Kier molecular flexibility index (Phi) is 5.67. The van der Waals surface area contributed by atoms with Gasteiger partial charge in [-0.2, -0.15) is 0 Å². The molecule has 0 aliphatic rings. The highest BCUT2D eigenvalue weighted by Gasteiger charge is 2.16. The maximum Gasteiger partial charge on any atom is 0.338 e. The maximum atomic E-state index is 12.8. The second-order valence-corrected chi connectivity index (χ2v) is 5.55. The topological polar surface area (TPSA) is 30.7 Å². The van der Waals surface area contributed by atoms with Gasteiger partial charge >= 0.3 is 5.97 Å². The van der Waals surface area contributed by atoms with Crippen molar-refractivity contribution >= 4 is 5.97 Å². The van der Waals surface area contributed by atoms with Crippen LogP contribution in [0.5, 0.6) is 0 Å². The maximum absolute atomic E-state index is 12.8. The van der Waals surface area contributed by atoms with Crippen molar-refractivity contribution in [2.75, 3.05) is 13.6 Å². The van der Waals surface area contributed by atoms with Crippen molar-refractivity contribution in [2.45, 2.75) is 19.6 Å². The fourth-order valence-corrected chi connectivity index (χ4v) is 2.39. The van der Waals surface area contributed by atoms with Crippen LogP contribution >= 0.6 is 0 Å². The number of rotatable bonds is 6. The van der Waals surface area contributed by atoms with E-state index in [1.807, 2.05) is 25.1 Å². The largest absolute Gasteiger partial charge is 0.453 e. The van der Waals surface area contributed by atoms with Gasteiger partial charge in [0, 0.05) is 5.56 Å². The number of quaternary nitrogens is 1. The number of nitrogens with one attached hydrogen (secondary N) is 1. The van der Waals surface area contributed by atoms with E-state index in [0.29, 0.717) is 12.1 Å². The molecule has 0 spiro atoms. The summed E-state index contributed by atoms with van der Waals surface area (Å²) in [4.78, 5) is 13.2. The molecular weight excluding hydrogens is 281 g/mol. The molecule has 1 unspecified atom stereocenters. The zero-order chi connectivity index (χ0) is 15.9. The van der Waals surface area contributed by atoms with Crippen LogP contribution in [0, 0.1) is 5.82 Å². The van der Waals surface area contributed by atoms with Gasteiger partial charge in [0.15, 0.2) is 0 Å². The summed E-state index contributed by atoms with van der Waals surface area (Å²) in [6, 6.07) is 15.6.